The lowest BCUT2D eigenvalue weighted by atomic mass is 10.0. The first-order valence-electron chi connectivity index (χ1n) is 20.3. The van der Waals surface area contributed by atoms with Crippen molar-refractivity contribution in [3.05, 3.63) is 24.3 Å². The van der Waals surface area contributed by atoms with E-state index in [-0.39, 0.29) is 18.5 Å². The third kappa shape index (κ3) is 36.9. The van der Waals surface area contributed by atoms with Crippen molar-refractivity contribution in [1.29, 1.82) is 0 Å². The van der Waals surface area contributed by atoms with Crippen LogP contribution in [0, 0.1) is 0 Å². The molecule has 0 heterocycles. The van der Waals surface area contributed by atoms with Crippen molar-refractivity contribution in [1.82, 2.24) is 0 Å². The smallest absolute Gasteiger partial charge is 0.306 e. The van der Waals surface area contributed by atoms with Crippen LogP contribution in [0.3, 0.4) is 0 Å². The molecule has 1 unspecified atom stereocenters. The molecule has 0 amide bonds. The summed E-state index contributed by atoms with van der Waals surface area (Å²) < 4.78 is 5.89. The van der Waals surface area contributed by atoms with Crippen molar-refractivity contribution in [3.8, 4) is 0 Å². The molecule has 0 aliphatic heterocycles. The number of carboxylic acid groups (broad SMARTS) is 1. The molecule has 4 heteroatoms. The standard InChI is InChI=1S/C42H78O4/c1-3-5-7-9-11-13-15-16-17-18-19-20-21-22-23-24-25-27-29-31-33-39-42(45)46-40(37-34-35-38-41(43)44)36-32-30-28-26-14-12-10-8-6-4-2/h11,13,16-17,40H,3-10,12,14-15,18-39H2,1-2H3,(H,43,44)/b13-11-,17-16-. The molecule has 0 aromatic heterocycles. The van der Waals surface area contributed by atoms with Gasteiger partial charge in [-0.2, -0.15) is 0 Å². The van der Waals surface area contributed by atoms with E-state index in [9.17, 15) is 9.59 Å². The number of carboxylic acids is 1. The van der Waals surface area contributed by atoms with E-state index >= 15 is 0 Å². The molecule has 0 bridgehead atoms. The van der Waals surface area contributed by atoms with Gasteiger partial charge in [-0.15, -0.1) is 0 Å². The molecule has 0 aromatic rings. The summed E-state index contributed by atoms with van der Waals surface area (Å²) in [6.07, 6.45) is 47.7. The number of allylic oxidation sites excluding steroid dienone is 4. The fraction of sp³-hybridized carbons (Fsp3) is 0.857. The normalized spacial score (nSPS) is 12.4. The molecule has 0 spiro atoms. The maximum atomic E-state index is 12.6. The van der Waals surface area contributed by atoms with Crippen LogP contribution in [-0.4, -0.2) is 23.1 Å². The molecule has 46 heavy (non-hydrogen) atoms. The summed E-state index contributed by atoms with van der Waals surface area (Å²) in [5.74, 6) is -0.797. The largest absolute Gasteiger partial charge is 0.481 e. The highest BCUT2D eigenvalue weighted by Crippen LogP contribution is 2.18. The van der Waals surface area contributed by atoms with Crippen LogP contribution in [0.15, 0.2) is 24.3 Å². The molecule has 270 valence electrons. The maximum absolute atomic E-state index is 12.6. The summed E-state index contributed by atoms with van der Waals surface area (Å²) in [5, 5.41) is 8.93. The fourth-order valence-corrected chi connectivity index (χ4v) is 6.16. The van der Waals surface area contributed by atoms with Crippen LogP contribution in [0.4, 0.5) is 0 Å². The maximum Gasteiger partial charge on any atom is 0.306 e. The highest BCUT2D eigenvalue weighted by Gasteiger charge is 2.14. The summed E-state index contributed by atoms with van der Waals surface area (Å²) in [6.45, 7) is 4.52. The zero-order valence-corrected chi connectivity index (χ0v) is 30.9. The fourth-order valence-electron chi connectivity index (χ4n) is 6.16. The van der Waals surface area contributed by atoms with Crippen LogP contribution in [-0.2, 0) is 14.3 Å². The van der Waals surface area contributed by atoms with Gasteiger partial charge in [0.15, 0.2) is 0 Å². The van der Waals surface area contributed by atoms with Gasteiger partial charge >= 0.3 is 11.9 Å². The van der Waals surface area contributed by atoms with Gasteiger partial charge < -0.3 is 9.84 Å². The van der Waals surface area contributed by atoms with Crippen LogP contribution >= 0.6 is 0 Å². The van der Waals surface area contributed by atoms with Gasteiger partial charge in [-0.25, -0.2) is 0 Å². The lowest BCUT2D eigenvalue weighted by Gasteiger charge is -2.18. The quantitative estimate of drug-likeness (QED) is 0.0414. The summed E-state index contributed by atoms with van der Waals surface area (Å²) in [7, 11) is 0. The Morgan fingerprint density at radius 1 is 0.478 bits per heavy atom. The Morgan fingerprint density at radius 2 is 0.848 bits per heavy atom. The summed E-state index contributed by atoms with van der Waals surface area (Å²) in [4.78, 5) is 23.4. The predicted octanol–water partition coefficient (Wildman–Crippen LogP) is 14.0. The monoisotopic (exact) mass is 647 g/mol. The lowest BCUT2D eigenvalue weighted by Crippen LogP contribution is -2.18. The molecule has 0 aliphatic rings. The molecule has 1 N–H and O–H groups in total. The van der Waals surface area contributed by atoms with Crippen LogP contribution in [0.25, 0.3) is 0 Å². The van der Waals surface area contributed by atoms with Gasteiger partial charge in [0, 0.05) is 12.8 Å². The molecule has 0 saturated carbocycles. The van der Waals surface area contributed by atoms with Crippen molar-refractivity contribution in [3.63, 3.8) is 0 Å². The minimum Gasteiger partial charge on any atom is -0.481 e. The predicted molar refractivity (Wildman–Crippen MR) is 200 cm³/mol. The van der Waals surface area contributed by atoms with Crippen LogP contribution in [0.1, 0.15) is 226 Å². The van der Waals surface area contributed by atoms with Crippen LogP contribution in [0.2, 0.25) is 0 Å². The molecule has 0 rings (SSSR count). The third-order valence-corrected chi connectivity index (χ3v) is 9.18. The van der Waals surface area contributed by atoms with Crippen molar-refractivity contribution < 1.29 is 19.4 Å². The molecule has 1 atom stereocenters. The van der Waals surface area contributed by atoms with Crippen molar-refractivity contribution in [2.45, 2.75) is 232 Å². The molecular formula is C42H78O4. The van der Waals surface area contributed by atoms with E-state index in [4.69, 9.17) is 9.84 Å². The molecule has 0 radical (unpaired) electrons. The van der Waals surface area contributed by atoms with Crippen LogP contribution in [0.5, 0.6) is 0 Å². The third-order valence-electron chi connectivity index (χ3n) is 9.18. The van der Waals surface area contributed by atoms with E-state index in [1.54, 1.807) is 0 Å². The van der Waals surface area contributed by atoms with E-state index in [1.165, 1.54) is 148 Å². The van der Waals surface area contributed by atoms with E-state index in [2.05, 4.69) is 38.2 Å². The highest BCUT2D eigenvalue weighted by molar-refractivity contribution is 5.69. The van der Waals surface area contributed by atoms with Crippen molar-refractivity contribution in [2.24, 2.45) is 0 Å². The van der Waals surface area contributed by atoms with E-state index in [0.29, 0.717) is 12.8 Å². The molecule has 0 aliphatic carbocycles. The van der Waals surface area contributed by atoms with Crippen molar-refractivity contribution >= 4 is 11.9 Å². The molecule has 0 fully saturated rings. The second kappa shape index (κ2) is 37.9. The van der Waals surface area contributed by atoms with Gasteiger partial charge in [-0.1, -0.05) is 167 Å². The Kier molecular flexibility index (Phi) is 36.6. The molecule has 0 aromatic carbocycles. The molecule has 4 nitrogen and oxygen atoms in total. The van der Waals surface area contributed by atoms with Gasteiger partial charge in [0.25, 0.3) is 0 Å². The minimum atomic E-state index is -0.741. The molecule has 0 saturated heterocycles. The Bertz CT molecular complexity index is 698. The Morgan fingerprint density at radius 3 is 1.35 bits per heavy atom. The number of unbranched alkanes of at least 4 members (excludes halogenated alkanes) is 24. The average Bonchev–Trinajstić information content (AvgIpc) is 3.04. The number of hydrogen-bond donors (Lipinski definition) is 1. The van der Waals surface area contributed by atoms with E-state index in [1.807, 2.05) is 0 Å². The zero-order valence-electron chi connectivity index (χ0n) is 30.9. The number of carbonyl (C=O) groups excluding carboxylic acids is 1. The Hall–Kier alpha value is -1.58. The second-order valence-electron chi connectivity index (χ2n) is 13.8. The van der Waals surface area contributed by atoms with Gasteiger partial charge in [0.05, 0.1) is 0 Å². The summed E-state index contributed by atoms with van der Waals surface area (Å²) >= 11 is 0. The van der Waals surface area contributed by atoms with E-state index in [0.717, 1.165) is 44.9 Å². The number of esters is 1. The van der Waals surface area contributed by atoms with Crippen molar-refractivity contribution in [2.75, 3.05) is 0 Å². The average molecular weight is 647 g/mol. The van der Waals surface area contributed by atoms with Gasteiger partial charge in [0.1, 0.15) is 6.10 Å². The Labute approximate surface area is 287 Å². The van der Waals surface area contributed by atoms with Gasteiger partial charge in [-0.3, -0.25) is 9.59 Å². The summed E-state index contributed by atoms with van der Waals surface area (Å²) in [6, 6.07) is 0. The lowest BCUT2D eigenvalue weighted by molar-refractivity contribution is -0.150. The van der Waals surface area contributed by atoms with Gasteiger partial charge in [0.2, 0.25) is 0 Å². The second-order valence-corrected chi connectivity index (χ2v) is 13.8. The number of aliphatic carboxylic acids is 1. The van der Waals surface area contributed by atoms with E-state index < -0.39 is 5.97 Å². The number of hydrogen-bond acceptors (Lipinski definition) is 3. The first-order valence-corrected chi connectivity index (χ1v) is 20.3. The zero-order chi connectivity index (χ0) is 33.6. The highest BCUT2D eigenvalue weighted by atomic mass is 16.5. The summed E-state index contributed by atoms with van der Waals surface area (Å²) in [5.41, 5.74) is 0. The minimum absolute atomic E-state index is 0.0425. The Balaban J connectivity index is 3.76. The first kappa shape index (κ1) is 44.4. The topological polar surface area (TPSA) is 63.6 Å². The number of rotatable bonds is 37. The molecular weight excluding hydrogens is 568 g/mol. The number of carbonyl (C=O) groups is 2. The van der Waals surface area contributed by atoms with Crippen LogP contribution < -0.4 is 0 Å². The first-order chi connectivity index (χ1) is 22.6. The van der Waals surface area contributed by atoms with Gasteiger partial charge in [-0.05, 0) is 70.6 Å². The number of ether oxygens (including phenoxy) is 1. The SMILES string of the molecule is CCCCC/C=C\C/C=C\CCCCCCCCCCCCCC(=O)OC(CCCCCCCCCCCC)CCCCC(=O)O.